The Bertz CT molecular complexity index is 1380. The van der Waals surface area contributed by atoms with Gasteiger partial charge in [-0.05, 0) is 65.2 Å². The third-order valence-corrected chi connectivity index (χ3v) is 7.60. The van der Waals surface area contributed by atoms with Gasteiger partial charge in [0.05, 0.1) is 35.1 Å². The SMILES string of the molecule is COc1ccc(C2Nc3ccccc3C(=O)N2Cc2ccccc2)cc1Cn1nc(C)c(Br)c1C. The summed E-state index contributed by atoms with van der Waals surface area (Å²) >= 11 is 3.62. The van der Waals surface area contributed by atoms with E-state index >= 15 is 0 Å². The van der Waals surface area contributed by atoms with Crippen molar-refractivity contribution < 1.29 is 9.53 Å². The van der Waals surface area contributed by atoms with Crippen molar-refractivity contribution in [2.45, 2.75) is 33.1 Å². The molecule has 1 aromatic heterocycles. The largest absolute Gasteiger partial charge is 0.496 e. The Kier molecular flexibility index (Phi) is 6.34. The Balaban J connectivity index is 1.56. The molecule has 0 spiro atoms. The van der Waals surface area contributed by atoms with E-state index in [1.54, 1.807) is 7.11 Å². The van der Waals surface area contributed by atoms with Crippen molar-refractivity contribution >= 4 is 27.5 Å². The number of hydrogen-bond donors (Lipinski definition) is 1. The summed E-state index contributed by atoms with van der Waals surface area (Å²) in [4.78, 5) is 15.5. The van der Waals surface area contributed by atoms with Gasteiger partial charge in [-0.3, -0.25) is 9.48 Å². The van der Waals surface area contributed by atoms with E-state index in [2.05, 4.69) is 32.4 Å². The van der Waals surface area contributed by atoms with Gasteiger partial charge in [0.25, 0.3) is 5.91 Å². The molecule has 0 aliphatic carbocycles. The summed E-state index contributed by atoms with van der Waals surface area (Å²) in [7, 11) is 1.68. The van der Waals surface area contributed by atoms with E-state index in [1.165, 1.54) is 0 Å². The Morgan fingerprint density at radius 2 is 1.74 bits per heavy atom. The molecule has 7 heteroatoms. The molecule has 1 aliphatic rings. The first kappa shape index (κ1) is 23.2. The van der Waals surface area contributed by atoms with E-state index < -0.39 is 0 Å². The number of carbonyl (C=O) groups is 1. The standard InChI is InChI=1S/C28H27BrN4O2/c1-18-26(29)19(2)33(31-18)17-22-15-21(13-14-25(22)35-3)27-30-24-12-8-7-11-23(24)28(34)32(27)16-20-9-5-4-6-10-20/h4-15,27,30H,16-17H2,1-3H3. The average Bonchev–Trinajstić information content (AvgIpc) is 3.12. The van der Waals surface area contributed by atoms with Crippen molar-refractivity contribution in [3.8, 4) is 5.75 Å². The van der Waals surface area contributed by atoms with Crippen LogP contribution in [0.25, 0.3) is 0 Å². The number of rotatable bonds is 6. The minimum atomic E-state index is -0.325. The van der Waals surface area contributed by atoms with E-state index in [0.29, 0.717) is 18.7 Å². The summed E-state index contributed by atoms with van der Waals surface area (Å²) in [6.07, 6.45) is -0.325. The molecule has 0 radical (unpaired) electrons. The molecule has 1 aliphatic heterocycles. The number of ether oxygens (including phenoxy) is 1. The Morgan fingerprint density at radius 3 is 2.46 bits per heavy atom. The summed E-state index contributed by atoms with van der Waals surface area (Å²) in [5, 5.41) is 8.27. The lowest BCUT2D eigenvalue weighted by molar-refractivity contribution is 0.0666. The molecule has 0 bridgehead atoms. The first-order chi connectivity index (χ1) is 17.0. The zero-order valence-corrected chi connectivity index (χ0v) is 21.5. The highest BCUT2D eigenvalue weighted by Crippen LogP contribution is 2.36. The number of hydrogen-bond acceptors (Lipinski definition) is 4. The number of benzene rings is 3. The van der Waals surface area contributed by atoms with Crippen LogP contribution >= 0.6 is 15.9 Å². The maximum atomic E-state index is 13.6. The highest BCUT2D eigenvalue weighted by molar-refractivity contribution is 9.10. The second-order valence-corrected chi connectivity index (χ2v) is 9.52. The van der Waals surface area contributed by atoms with Gasteiger partial charge in [-0.2, -0.15) is 5.10 Å². The fourth-order valence-electron chi connectivity index (χ4n) is 4.58. The number of carbonyl (C=O) groups excluding carboxylic acids is 1. The minimum Gasteiger partial charge on any atom is -0.496 e. The quantitative estimate of drug-likeness (QED) is 0.328. The third-order valence-electron chi connectivity index (χ3n) is 6.45. The van der Waals surface area contributed by atoms with Crippen molar-refractivity contribution in [3.05, 3.63) is 111 Å². The van der Waals surface area contributed by atoms with E-state index in [0.717, 1.165) is 44.0 Å². The van der Waals surface area contributed by atoms with Gasteiger partial charge in [-0.15, -0.1) is 0 Å². The number of fused-ring (bicyclic) bond motifs is 1. The second-order valence-electron chi connectivity index (χ2n) is 8.72. The molecular weight excluding hydrogens is 504 g/mol. The topological polar surface area (TPSA) is 59.4 Å². The Morgan fingerprint density at radius 1 is 1.00 bits per heavy atom. The van der Waals surface area contributed by atoms with Gasteiger partial charge in [-0.25, -0.2) is 0 Å². The molecule has 2 heterocycles. The van der Waals surface area contributed by atoms with Crippen LogP contribution in [0.2, 0.25) is 0 Å². The number of aromatic nitrogens is 2. The van der Waals surface area contributed by atoms with Crippen molar-refractivity contribution in [1.29, 1.82) is 0 Å². The maximum absolute atomic E-state index is 13.6. The lowest BCUT2D eigenvalue weighted by Crippen LogP contribution is -2.42. The Labute approximate surface area is 213 Å². The average molecular weight is 531 g/mol. The predicted octanol–water partition coefficient (Wildman–Crippen LogP) is 6.09. The molecule has 0 fully saturated rings. The molecule has 0 saturated carbocycles. The van der Waals surface area contributed by atoms with Gasteiger partial charge in [0.1, 0.15) is 11.9 Å². The van der Waals surface area contributed by atoms with Crippen LogP contribution in [0, 0.1) is 13.8 Å². The van der Waals surface area contributed by atoms with Gasteiger partial charge in [0.2, 0.25) is 0 Å². The van der Waals surface area contributed by atoms with Crippen LogP contribution in [0.1, 0.15) is 44.6 Å². The molecule has 35 heavy (non-hydrogen) atoms. The van der Waals surface area contributed by atoms with Crippen molar-refractivity contribution in [2.24, 2.45) is 0 Å². The van der Waals surface area contributed by atoms with Gasteiger partial charge in [0, 0.05) is 17.8 Å². The van der Waals surface area contributed by atoms with Crippen LogP contribution in [-0.4, -0.2) is 27.7 Å². The highest BCUT2D eigenvalue weighted by atomic mass is 79.9. The number of aryl methyl sites for hydroxylation is 1. The summed E-state index contributed by atoms with van der Waals surface area (Å²) in [5.41, 5.74) is 6.58. The molecule has 4 aromatic rings. The molecule has 6 nitrogen and oxygen atoms in total. The van der Waals surface area contributed by atoms with Crippen LogP contribution in [0.3, 0.4) is 0 Å². The summed E-state index contributed by atoms with van der Waals surface area (Å²) in [5.74, 6) is 0.794. The first-order valence-electron chi connectivity index (χ1n) is 11.5. The van der Waals surface area contributed by atoms with Gasteiger partial charge >= 0.3 is 0 Å². The number of amides is 1. The smallest absolute Gasteiger partial charge is 0.258 e. The predicted molar refractivity (Wildman–Crippen MR) is 141 cm³/mol. The number of halogens is 1. The van der Waals surface area contributed by atoms with Crippen LogP contribution in [-0.2, 0) is 13.1 Å². The van der Waals surface area contributed by atoms with Crippen molar-refractivity contribution in [2.75, 3.05) is 12.4 Å². The van der Waals surface area contributed by atoms with Gasteiger partial charge < -0.3 is 15.0 Å². The lowest BCUT2D eigenvalue weighted by atomic mass is 10.0. The number of anilines is 1. The third kappa shape index (κ3) is 4.44. The van der Waals surface area contributed by atoms with E-state index in [1.807, 2.05) is 90.2 Å². The fourth-order valence-corrected chi connectivity index (χ4v) is 4.87. The first-order valence-corrected chi connectivity index (χ1v) is 12.3. The van der Waals surface area contributed by atoms with E-state index in [-0.39, 0.29) is 12.1 Å². The highest BCUT2D eigenvalue weighted by Gasteiger charge is 2.33. The zero-order valence-electron chi connectivity index (χ0n) is 20.0. The van der Waals surface area contributed by atoms with Crippen LogP contribution < -0.4 is 10.1 Å². The number of nitrogens with one attached hydrogen (secondary N) is 1. The van der Waals surface area contributed by atoms with E-state index in [9.17, 15) is 4.79 Å². The molecule has 3 aromatic carbocycles. The van der Waals surface area contributed by atoms with Crippen LogP contribution in [0.15, 0.2) is 77.3 Å². The second kappa shape index (κ2) is 9.58. The molecule has 5 rings (SSSR count). The van der Waals surface area contributed by atoms with Crippen molar-refractivity contribution in [3.63, 3.8) is 0 Å². The number of methoxy groups -OCH3 is 1. The fraction of sp³-hybridized carbons (Fsp3) is 0.214. The van der Waals surface area contributed by atoms with Gasteiger partial charge in [0.15, 0.2) is 0 Å². The normalized spacial score (nSPS) is 15.0. The molecular formula is C28H27BrN4O2. The zero-order chi connectivity index (χ0) is 24.5. The van der Waals surface area contributed by atoms with Crippen molar-refractivity contribution in [1.82, 2.24) is 14.7 Å². The lowest BCUT2D eigenvalue weighted by Gasteiger charge is -2.38. The van der Waals surface area contributed by atoms with Crippen LogP contribution in [0.4, 0.5) is 5.69 Å². The molecule has 1 unspecified atom stereocenters. The minimum absolute atomic E-state index is 0.00745. The van der Waals surface area contributed by atoms with E-state index in [4.69, 9.17) is 4.74 Å². The number of para-hydroxylation sites is 1. The van der Waals surface area contributed by atoms with Gasteiger partial charge in [-0.1, -0.05) is 48.5 Å². The summed E-state index contributed by atoms with van der Waals surface area (Å²) < 4.78 is 8.66. The molecule has 1 atom stereocenters. The molecule has 1 N–H and O–H groups in total. The maximum Gasteiger partial charge on any atom is 0.258 e. The Hall–Kier alpha value is -3.58. The molecule has 1 amide bonds. The summed E-state index contributed by atoms with van der Waals surface area (Å²) in [6.45, 7) is 5.08. The molecule has 178 valence electrons. The monoisotopic (exact) mass is 530 g/mol. The summed E-state index contributed by atoms with van der Waals surface area (Å²) in [6, 6.07) is 23.9. The number of nitrogens with zero attached hydrogens (tertiary/aromatic N) is 3. The van der Waals surface area contributed by atoms with Crippen LogP contribution in [0.5, 0.6) is 5.75 Å². The molecule has 0 saturated heterocycles.